The van der Waals surface area contributed by atoms with Crippen molar-refractivity contribution in [3.63, 3.8) is 0 Å². The molecule has 0 aliphatic rings. The average Bonchev–Trinajstić information content (AvgIpc) is 2.30. The Hall–Kier alpha value is -1.55. The molecule has 0 spiro atoms. The van der Waals surface area contributed by atoms with Gasteiger partial charge in [-0.2, -0.15) is 0 Å². The zero-order valence-electron chi connectivity index (χ0n) is 10.9. The summed E-state index contributed by atoms with van der Waals surface area (Å²) in [5.74, 6) is -0.138. The lowest BCUT2D eigenvalue weighted by molar-refractivity contribution is -0.117. The third-order valence-electron chi connectivity index (χ3n) is 2.74. The van der Waals surface area contributed by atoms with E-state index in [9.17, 15) is 4.79 Å². The normalized spacial score (nSPS) is 12.1. The number of nitrogens with two attached hydrogens (primary N) is 1. The molecule has 1 amide bonds. The monoisotopic (exact) mass is 235 g/mol. The van der Waals surface area contributed by atoms with Gasteiger partial charge in [0.25, 0.3) is 0 Å². The Morgan fingerprint density at radius 2 is 2.12 bits per heavy atom. The lowest BCUT2D eigenvalue weighted by Crippen LogP contribution is -2.34. The standard InChI is InChI=1S/C13H21N3O/c1-5-11(14)13(17)15-10-7-6-9(2)12(8-10)16(3)4/h6-8,11H,5,14H2,1-4H3,(H,15,17). The van der Waals surface area contributed by atoms with Gasteiger partial charge in [0, 0.05) is 25.5 Å². The number of rotatable bonds is 4. The van der Waals surface area contributed by atoms with Gasteiger partial charge < -0.3 is 16.0 Å². The summed E-state index contributed by atoms with van der Waals surface area (Å²) in [7, 11) is 3.96. The maximum atomic E-state index is 11.7. The molecule has 0 radical (unpaired) electrons. The van der Waals surface area contributed by atoms with Crippen molar-refractivity contribution in [2.24, 2.45) is 5.73 Å². The number of nitrogens with one attached hydrogen (secondary N) is 1. The van der Waals surface area contributed by atoms with Gasteiger partial charge in [0.1, 0.15) is 0 Å². The predicted molar refractivity (Wildman–Crippen MR) is 72.4 cm³/mol. The molecule has 0 bridgehead atoms. The number of hydrogen-bond acceptors (Lipinski definition) is 3. The molecule has 0 aliphatic carbocycles. The fourth-order valence-electron chi connectivity index (χ4n) is 1.59. The minimum absolute atomic E-state index is 0.138. The van der Waals surface area contributed by atoms with Gasteiger partial charge in [-0.15, -0.1) is 0 Å². The Morgan fingerprint density at radius 3 is 2.65 bits per heavy atom. The minimum atomic E-state index is -0.445. The van der Waals surface area contributed by atoms with E-state index in [-0.39, 0.29) is 5.91 Å². The lowest BCUT2D eigenvalue weighted by atomic mass is 10.1. The molecule has 0 heterocycles. The molecule has 0 saturated heterocycles. The van der Waals surface area contributed by atoms with E-state index in [1.165, 1.54) is 5.56 Å². The summed E-state index contributed by atoms with van der Waals surface area (Å²) < 4.78 is 0. The van der Waals surface area contributed by atoms with Gasteiger partial charge in [-0.3, -0.25) is 4.79 Å². The van der Waals surface area contributed by atoms with Crippen LogP contribution in [0.1, 0.15) is 18.9 Å². The number of carbonyl (C=O) groups excluding carboxylic acids is 1. The first-order chi connectivity index (χ1) is 7.95. The third-order valence-corrected chi connectivity index (χ3v) is 2.74. The van der Waals surface area contributed by atoms with Crippen LogP contribution in [0.5, 0.6) is 0 Å². The van der Waals surface area contributed by atoms with Crippen molar-refractivity contribution in [1.82, 2.24) is 0 Å². The Balaban J connectivity index is 2.86. The number of hydrogen-bond donors (Lipinski definition) is 2. The van der Waals surface area contributed by atoms with E-state index in [0.717, 1.165) is 11.4 Å². The molecule has 4 heteroatoms. The average molecular weight is 235 g/mol. The van der Waals surface area contributed by atoms with Crippen molar-refractivity contribution in [3.8, 4) is 0 Å². The molecule has 1 aromatic rings. The van der Waals surface area contributed by atoms with Crippen molar-refractivity contribution in [1.29, 1.82) is 0 Å². The van der Waals surface area contributed by atoms with Gasteiger partial charge in [-0.05, 0) is 31.0 Å². The number of amides is 1. The molecule has 1 atom stereocenters. The molecule has 1 aromatic carbocycles. The Bertz CT molecular complexity index is 402. The quantitative estimate of drug-likeness (QED) is 0.835. The number of benzene rings is 1. The summed E-state index contributed by atoms with van der Waals surface area (Å²) >= 11 is 0. The molecule has 4 nitrogen and oxygen atoms in total. The smallest absolute Gasteiger partial charge is 0.241 e. The molecule has 1 rings (SSSR count). The van der Waals surface area contributed by atoms with Gasteiger partial charge in [0.05, 0.1) is 6.04 Å². The van der Waals surface area contributed by atoms with Crippen LogP contribution in [0.15, 0.2) is 18.2 Å². The SMILES string of the molecule is CCC(N)C(=O)Nc1ccc(C)c(N(C)C)c1. The lowest BCUT2D eigenvalue weighted by Gasteiger charge is -2.17. The Labute approximate surface area is 103 Å². The van der Waals surface area contributed by atoms with E-state index < -0.39 is 6.04 Å². The van der Waals surface area contributed by atoms with Gasteiger partial charge in [-0.1, -0.05) is 13.0 Å². The van der Waals surface area contributed by atoms with E-state index in [1.54, 1.807) is 0 Å². The summed E-state index contributed by atoms with van der Waals surface area (Å²) in [5.41, 5.74) is 8.72. The van der Waals surface area contributed by atoms with E-state index in [0.29, 0.717) is 6.42 Å². The highest BCUT2D eigenvalue weighted by molar-refractivity contribution is 5.95. The summed E-state index contributed by atoms with van der Waals surface area (Å²) in [4.78, 5) is 13.7. The fraction of sp³-hybridized carbons (Fsp3) is 0.462. The summed E-state index contributed by atoms with van der Waals surface area (Å²) in [6.45, 7) is 3.93. The second kappa shape index (κ2) is 5.68. The summed E-state index contributed by atoms with van der Waals surface area (Å²) in [6.07, 6.45) is 0.637. The van der Waals surface area contributed by atoms with E-state index in [4.69, 9.17) is 5.73 Å². The molecular formula is C13H21N3O. The predicted octanol–water partition coefficient (Wildman–Crippen LogP) is 1.74. The highest BCUT2D eigenvalue weighted by atomic mass is 16.2. The van der Waals surface area contributed by atoms with Gasteiger partial charge >= 0.3 is 0 Å². The van der Waals surface area contributed by atoms with Gasteiger partial charge in [-0.25, -0.2) is 0 Å². The van der Waals surface area contributed by atoms with Crippen molar-refractivity contribution in [3.05, 3.63) is 23.8 Å². The molecule has 17 heavy (non-hydrogen) atoms. The fourth-order valence-corrected chi connectivity index (χ4v) is 1.59. The van der Waals surface area contributed by atoms with E-state index in [2.05, 4.69) is 5.32 Å². The van der Waals surface area contributed by atoms with Crippen LogP contribution < -0.4 is 16.0 Å². The maximum Gasteiger partial charge on any atom is 0.241 e. The van der Waals surface area contributed by atoms with Crippen LogP contribution >= 0.6 is 0 Å². The molecular weight excluding hydrogens is 214 g/mol. The number of anilines is 2. The third kappa shape index (κ3) is 3.46. The highest BCUT2D eigenvalue weighted by Crippen LogP contribution is 2.22. The maximum absolute atomic E-state index is 11.7. The van der Waals surface area contributed by atoms with Crippen LogP contribution in [-0.2, 0) is 4.79 Å². The Kier molecular flexibility index (Phi) is 4.52. The zero-order chi connectivity index (χ0) is 13.0. The van der Waals surface area contributed by atoms with Crippen LogP contribution in [0, 0.1) is 6.92 Å². The van der Waals surface area contributed by atoms with Crippen LogP contribution in [0.2, 0.25) is 0 Å². The summed E-state index contributed by atoms with van der Waals surface area (Å²) in [6, 6.07) is 5.39. The van der Waals surface area contributed by atoms with E-state index in [1.807, 2.05) is 51.0 Å². The van der Waals surface area contributed by atoms with Crippen LogP contribution in [0.25, 0.3) is 0 Å². The first kappa shape index (κ1) is 13.5. The van der Waals surface area contributed by atoms with Crippen molar-refractivity contribution < 1.29 is 4.79 Å². The van der Waals surface area contributed by atoms with Crippen LogP contribution in [0.3, 0.4) is 0 Å². The molecule has 0 fully saturated rings. The van der Waals surface area contributed by atoms with Crippen LogP contribution in [0.4, 0.5) is 11.4 Å². The molecule has 0 aliphatic heterocycles. The molecule has 3 N–H and O–H groups in total. The first-order valence-corrected chi connectivity index (χ1v) is 5.80. The Morgan fingerprint density at radius 1 is 1.47 bits per heavy atom. The summed E-state index contributed by atoms with van der Waals surface area (Å²) in [5, 5.41) is 2.82. The topological polar surface area (TPSA) is 58.4 Å². The molecule has 1 unspecified atom stereocenters. The molecule has 94 valence electrons. The first-order valence-electron chi connectivity index (χ1n) is 5.80. The van der Waals surface area contributed by atoms with Crippen LogP contribution in [-0.4, -0.2) is 26.0 Å². The molecule has 0 aromatic heterocycles. The largest absolute Gasteiger partial charge is 0.377 e. The van der Waals surface area contributed by atoms with Crippen molar-refractivity contribution >= 4 is 17.3 Å². The van der Waals surface area contributed by atoms with Crippen molar-refractivity contribution in [2.75, 3.05) is 24.3 Å². The van der Waals surface area contributed by atoms with Crippen molar-refractivity contribution in [2.45, 2.75) is 26.3 Å². The second-order valence-electron chi connectivity index (χ2n) is 4.40. The number of aryl methyl sites for hydroxylation is 1. The minimum Gasteiger partial charge on any atom is -0.377 e. The van der Waals surface area contributed by atoms with Gasteiger partial charge in [0.2, 0.25) is 5.91 Å². The molecule has 0 saturated carbocycles. The zero-order valence-corrected chi connectivity index (χ0v) is 10.9. The number of carbonyl (C=O) groups is 1. The highest BCUT2D eigenvalue weighted by Gasteiger charge is 2.11. The number of nitrogens with zero attached hydrogens (tertiary/aromatic N) is 1. The second-order valence-corrected chi connectivity index (χ2v) is 4.40. The van der Waals surface area contributed by atoms with E-state index >= 15 is 0 Å². The van der Waals surface area contributed by atoms with Gasteiger partial charge in [0.15, 0.2) is 0 Å².